The maximum Gasteiger partial charge on any atom is 0.265 e. The SMILES string of the molecule is N#Cc1nc(F)cc(C(F)F)c1Cl. The van der Waals surface area contributed by atoms with Crippen LogP contribution < -0.4 is 0 Å². The number of rotatable bonds is 1. The van der Waals surface area contributed by atoms with Crippen molar-refractivity contribution in [3.05, 3.63) is 28.3 Å². The third kappa shape index (κ3) is 1.90. The van der Waals surface area contributed by atoms with Gasteiger partial charge in [0.15, 0.2) is 5.69 Å². The predicted octanol–water partition coefficient (Wildman–Crippen LogP) is 2.68. The van der Waals surface area contributed by atoms with Crippen molar-refractivity contribution in [3.63, 3.8) is 0 Å². The summed E-state index contributed by atoms with van der Waals surface area (Å²) in [6.07, 6.45) is -2.92. The molecule has 0 aliphatic rings. The summed E-state index contributed by atoms with van der Waals surface area (Å²) in [5, 5.41) is 7.84. The fourth-order valence-corrected chi connectivity index (χ4v) is 0.971. The van der Waals surface area contributed by atoms with Gasteiger partial charge in [-0.2, -0.15) is 9.65 Å². The zero-order chi connectivity index (χ0) is 10.0. The van der Waals surface area contributed by atoms with Gasteiger partial charge in [-0.15, -0.1) is 0 Å². The van der Waals surface area contributed by atoms with Gasteiger partial charge < -0.3 is 0 Å². The van der Waals surface area contributed by atoms with Crippen LogP contribution in [-0.4, -0.2) is 4.98 Å². The van der Waals surface area contributed by atoms with Crippen LogP contribution in [-0.2, 0) is 0 Å². The van der Waals surface area contributed by atoms with Crippen LogP contribution in [0.25, 0.3) is 0 Å². The molecule has 2 nitrogen and oxygen atoms in total. The van der Waals surface area contributed by atoms with Gasteiger partial charge in [-0.05, 0) is 0 Å². The average Bonchev–Trinajstić information content (AvgIpc) is 2.08. The summed E-state index contributed by atoms with van der Waals surface area (Å²) < 4.78 is 36.8. The number of pyridine rings is 1. The van der Waals surface area contributed by atoms with Crippen molar-refractivity contribution in [1.82, 2.24) is 4.98 Å². The summed E-state index contributed by atoms with van der Waals surface area (Å²) in [5.74, 6) is -1.14. The first-order chi connectivity index (χ1) is 6.06. The quantitative estimate of drug-likeness (QED) is 0.663. The summed E-state index contributed by atoms with van der Waals surface area (Å²) in [6.45, 7) is 0. The topological polar surface area (TPSA) is 36.7 Å². The lowest BCUT2D eigenvalue weighted by Gasteiger charge is -2.02. The van der Waals surface area contributed by atoms with Crippen LogP contribution in [0.5, 0.6) is 0 Å². The monoisotopic (exact) mass is 206 g/mol. The van der Waals surface area contributed by atoms with E-state index in [0.717, 1.165) is 0 Å². The Morgan fingerprint density at radius 2 is 2.15 bits per heavy atom. The molecule has 0 amide bonds. The van der Waals surface area contributed by atoms with E-state index in [0.29, 0.717) is 6.07 Å². The van der Waals surface area contributed by atoms with Crippen LogP contribution in [0.1, 0.15) is 17.7 Å². The van der Waals surface area contributed by atoms with Crippen molar-refractivity contribution in [2.45, 2.75) is 6.43 Å². The van der Waals surface area contributed by atoms with Gasteiger partial charge in [0.25, 0.3) is 6.43 Å². The van der Waals surface area contributed by atoms with E-state index in [4.69, 9.17) is 16.9 Å². The van der Waals surface area contributed by atoms with Crippen molar-refractivity contribution >= 4 is 11.6 Å². The molecule has 0 atom stereocenters. The van der Waals surface area contributed by atoms with E-state index >= 15 is 0 Å². The minimum absolute atomic E-state index is 0.501. The molecular weight excluding hydrogens is 205 g/mol. The molecule has 0 aliphatic heterocycles. The first-order valence-corrected chi connectivity index (χ1v) is 3.48. The first-order valence-electron chi connectivity index (χ1n) is 3.10. The van der Waals surface area contributed by atoms with Gasteiger partial charge in [0.05, 0.1) is 5.02 Å². The van der Waals surface area contributed by atoms with Gasteiger partial charge in [0.2, 0.25) is 5.95 Å². The van der Waals surface area contributed by atoms with E-state index in [1.54, 1.807) is 0 Å². The van der Waals surface area contributed by atoms with Crippen LogP contribution in [0.15, 0.2) is 6.07 Å². The van der Waals surface area contributed by atoms with E-state index in [9.17, 15) is 13.2 Å². The molecule has 1 aromatic rings. The first kappa shape index (κ1) is 9.81. The highest BCUT2D eigenvalue weighted by atomic mass is 35.5. The Bertz CT molecular complexity index is 373. The number of hydrogen-bond acceptors (Lipinski definition) is 2. The normalized spacial score (nSPS) is 10.2. The second kappa shape index (κ2) is 3.62. The number of nitriles is 1. The van der Waals surface area contributed by atoms with Crippen molar-refractivity contribution in [2.75, 3.05) is 0 Å². The minimum atomic E-state index is -2.92. The number of hydrogen-bond donors (Lipinski definition) is 0. The van der Waals surface area contributed by atoms with Crippen LogP contribution in [0.2, 0.25) is 5.02 Å². The van der Waals surface area contributed by atoms with E-state index < -0.39 is 28.7 Å². The summed E-state index contributed by atoms with van der Waals surface area (Å²) >= 11 is 5.34. The van der Waals surface area contributed by atoms with Crippen LogP contribution in [0.4, 0.5) is 13.2 Å². The molecule has 0 bridgehead atoms. The van der Waals surface area contributed by atoms with E-state index in [1.165, 1.54) is 6.07 Å². The van der Waals surface area contributed by atoms with Crippen molar-refractivity contribution in [1.29, 1.82) is 5.26 Å². The Morgan fingerprint density at radius 3 is 2.62 bits per heavy atom. The molecule has 1 rings (SSSR count). The molecule has 0 saturated carbocycles. The van der Waals surface area contributed by atoms with Crippen LogP contribution >= 0.6 is 11.6 Å². The molecule has 0 aromatic carbocycles. The molecule has 1 heterocycles. The fraction of sp³-hybridized carbons (Fsp3) is 0.143. The lowest BCUT2D eigenvalue weighted by molar-refractivity contribution is 0.151. The average molecular weight is 207 g/mol. The molecule has 0 saturated heterocycles. The number of alkyl halides is 2. The highest BCUT2D eigenvalue weighted by Gasteiger charge is 2.17. The molecule has 1 aromatic heterocycles. The largest absolute Gasteiger partial charge is 0.265 e. The Hall–Kier alpha value is -1.28. The summed E-state index contributed by atoms with van der Waals surface area (Å²) in [4.78, 5) is 3.04. The zero-order valence-corrected chi connectivity index (χ0v) is 6.82. The molecular formula is C7H2ClF3N2. The van der Waals surface area contributed by atoms with Gasteiger partial charge in [-0.1, -0.05) is 11.6 Å². The second-order valence-corrected chi connectivity index (χ2v) is 2.49. The molecule has 0 radical (unpaired) electrons. The van der Waals surface area contributed by atoms with Crippen LogP contribution in [0, 0.1) is 17.3 Å². The van der Waals surface area contributed by atoms with Gasteiger partial charge in [0.1, 0.15) is 6.07 Å². The highest BCUT2D eigenvalue weighted by molar-refractivity contribution is 6.32. The minimum Gasteiger partial charge on any atom is -0.207 e. The van der Waals surface area contributed by atoms with Gasteiger partial charge in [-0.3, -0.25) is 0 Å². The van der Waals surface area contributed by atoms with Gasteiger partial charge in [0, 0.05) is 11.6 Å². The Morgan fingerprint density at radius 1 is 1.54 bits per heavy atom. The molecule has 0 N–H and O–H groups in total. The molecule has 0 fully saturated rings. The highest BCUT2D eigenvalue weighted by Crippen LogP contribution is 2.28. The fourth-order valence-electron chi connectivity index (χ4n) is 0.749. The maximum absolute atomic E-state index is 12.5. The van der Waals surface area contributed by atoms with Crippen molar-refractivity contribution in [2.24, 2.45) is 0 Å². The Kier molecular flexibility index (Phi) is 2.73. The molecule has 6 heteroatoms. The van der Waals surface area contributed by atoms with E-state index in [2.05, 4.69) is 4.98 Å². The van der Waals surface area contributed by atoms with E-state index in [1.807, 2.05) is 0 Å². The summed E-state index contributed by atoms with van der Waals surface area (Å²) in [5.41, 5.74) is -1.25. The number of aromatic nitrogens is 1. The molecule has 68 valence electrons. The maximum atomic E-state index is 12.5. The second-order valence-electron chi connectivity index (χ2n) is 2.11. The summed E-state index contributed by atoms with van der Waals surface area (Å²) in [7, 11) is 0. The smallest absolute Gasteiger partial charge is 0.207 e. The van der Waals surface area contributed by atoms with Crippen molar-refractivity contribution < 1.29 is 13.2 Å². The van der Waals surface area contributed by atoms with Crippen LogP contribution in [0.3, 0.4) is 0 Å². The lowest BCUT2D eigenvalue weighted by Crippen LogP contribution is -1.96. The van der Waals surface area contributed by atoms with E-state index in [-0.39, 0.29) is 0 Å². The summed E-state index contributed by atoms with van der Waals surface area (Å²) in [6, 6.07) is 1.92. The third-order valence-corrected chi connectivity index (χ3v) is 1.69. The lowest BCUT2D eigenvalue weighted by atomic mass is 10.2. The molecule has 0 aliphatic carbocycles. The van der Waals surface area contributed by atoms with Crippen molar-refractivity contribution in [3.8, 4) is 6.07 Å². The third-order valence-electron chi connectivity index (χ3n) is 1.30. The number of halogens is 4. The predicted molar refractivity (Wildman–Crippen MR) is 38.9 cm³/mol. The van der Waals surface area contributed by atoms with Gasteiger partial charge >= 0.3 is 0 Å². The van der Waals surface area contributed by atoms with Gasteiger partial charge in [-0.25, -0.2) is 13.8 Å². The Balaban J connectivity index is 3.38. The number of nitrogens with zero attached hydrogens (tertiary/aromatic N) is 2. The zero-order valence-electron chi connectivity index (χ0n) is 6.06. The molecule has 0 spiro atoms. The molecule has 0 unspecified atom stereocenters. The molecule has 13 heavy (non-hydrogen) atoms. The Labute approximate surface area is 76.6 Å². The standard InChI is InChI=1S/C7H2ClF3N2/c8-6-3(7(10)11)1-5(9)13-4(6)2-12/h1,7H.